The third-order valence-electron chi connectivity index (χ3n) is 3.14. The van der Waals surface area contributed by atoms with Crippen molar-refractivity contribution in [2.24, 2.45) is 5.73 Å². The van der Waals surface area contributed by atoms with Crippen molar-refractivity contribution in [1.29, 1.82) is 0 Å². The molecular weight excluding hydrogens is 186 g/mol. The minimum atomic E-state index is -0.107. The fraction of sp³-hybridized carbons (Fsp3) is 0.750. The molecule has 84 valence electrons. The highest BCUT2D eigenvalue weighted by atomic mass is 15.3. The van der Waals surface area contributed by atoms with E-state index < -0.39 is 0 Å². The van der Waals surface area contributed by atoms with Crippen LogP contribution in [0.5, 0.6) is 0 Å². The van der Waals surface area contributed by atoms with E-state index in [0.717, 1.165) is 18.5 Å². The summed E-state index contributed by atoms with van der Waals surface area (Å²) >= 11 is 0. The smallest absolute Gasteiger partial charge is 0.0826 e. The lowest BCUT2D eigenvalue weighted by Gasteiger charge is -2.12. The quantitative estimate of drug-likeness (QED) is 0.827. The normalized spacial score (nSPS) is 18.9. The lowest BCUT2D eigenvalue weighted by atomic mass is 10.1. The summed E-state index contributed by atoms with van der Waals surface area (Å²) in [6, 6.07) is 2.61. The Balaban J connectivity index is 2.40. The highest BCUT2D eigenvalue weighted by Gasteiger charge is 2.42. The first kappa shape index (κ1) is 10.7. The maximum Gasteiger partial charge on any atom is 0.0826 e. The Morgan fingerprint density at radius 1 is 1.33 bits per heavy atom. The standard InChI is InChI=1S/C12H21N3/c1-8(2)10-7-11(12(13)5-6-12)14-15(10)9(3)4/h7-9H,5-6,13H2,1-4H3. The van der Waals surface area contributed by atoms with E-state index >= 15 is 0 Å². The van der Waals surface area contributed by atoms with Crippen molar-refractivity contribution >= 4 is 0 Å². The third kappa shape index (κ3) is 1.81. The topological polar surface area (TPSA) is 43.8 Å². The number of hydrogen-bond acceptors (Lipinski definition) is 2. The number of nitrogens with two attached hydrogens (primary N) is 1. The monoisotopic (exact) mass is 207 g/mol. The van der Waals surface area contributed by atoms with Gasteiger partial charge in [0.15, 0.2) is 0 Å². The van der Waals surface area contributed by atoms with Gasteiger partial charge in [0.1, 0.15) is 0 Å². The maximum absolute atomic E-state index is 6.17. The molecule has 0 radical (unpaired) electrons. The van der Waals surface area contributed by atoms with E-state index in [9.17, 15) is 0 Å². The lowest BCUT2D eigenvalue weighted by Crippen LogP contribution is -2.20. The van der Waals surface area contributed by atoms with Crippen molar-refractivity contribution in [2.45, 2.75) is 58.0 Å². The summed E-state index contributed by atoms with van der Waals surface area (Å²) in [7, 11) is 0. The molecule has 1 aromatic heterocycles. The van der Waals surface area contributed by atoms with Gasteiger partial charge in [0.05, 0.1) is 11.2 Å². The van der Waals surface area contributed by atoms with Crippen LogP contribution in [0.2, 0.25) is 0 Å². The first-order chi connectivity index (χ1) is 6.94. The van der Waals surface area contributed by atoms with Crippen molar-refractivity contribution in [3.63, 3.8) is 0 Å². The number of nitrogens with zero attached hydrogens (tertiary/aromatic N) is 2. The van der Waals surface area contributed by atoms with Crippen molar-refractivity contribution in [3.05, 3.63) is 17.5 Å². The summed E-state index contributed by atoms with van der Waals surface area (Å²) in [4.78, 5) is 0. The SMILES string of the molecule is CC(C)c1cc(C2(N)CC2)nn1C(C)C. The Morgan fingerprint density at radius 2 is 1.93 bits per heavy atom. The summed E-state index contributed by atoms with van der Waals surface area (Å²) in [6.45, 7) is 8.74. The van der Waals surface area contributed by atoms with Crippen LogP contribution in [0.3, 0.4) is 0 Å². The van der Waals surface area contributed by atoms with Crippen LogP contribution in [0.1, 0.15) is 63.9 Å². The van der Waals surface area contributed by atoms with Crippen molar-refractivity contribution < 1.29 is 0 Å². The second kappa shape index (κ2) is 3.34. The number of aromatic nitrogens is 2. The highest BCUT2D eigenvalue weighted by molar-refractivity contribution is 5.26. The molecule has 1 aromatic rings. The molecule has 3 nitrogen and oxygen atoms in total. The van der Waals surface area contributed by atoms with Crippen molar-refractivity contribution in [3.8, 4) is 0 Å². The van der Waals surface area contributed by atoms with Crippen LogP contribution in [0.4, 0.5) is 0 Å². The zero-order valence-electron chi connectivity index (χ0n) is 10.1. The summed E-state index contributed by atoms with van der Waals surface area (Å²) in [6.07, 6.45) is 2.17. The van der Waals surface area contributed by atoms with E-state index in [1.807, 2.05) is 0 Å². The van der Waals surface area contributed by atoms with Crippen LogP contribution in [0, 0.1) is 0 Å². The molecule has 1 fully saturated rings. The molecule has 1 aliphatic rings. The molecule has 0 unspecified atom stereocenters. The van der Waals surface area contributed by atoms with Crippen LogP contribution in [-0.4, -0.2) is 9.78 Å². The van der Waals surface area contributed by atoms with Crippen LogP contribution in [-0.2, 0) is 5.54 Å². The Kier molecular flexibility index (Phi) is 2.38. The predicted molar refractivity (Wildman–Crippen MR) is 61.8 cm³/mol. The highest BCUT2D eigenvalue weighted by Crippen LogP contribution is 2.42. The number of hydrogen-bond donors (Lipinski definition) is 1. The second-order valence-electron chi connectivity index (χ2n) is 5.30. The van der Waals surface area contributed by atoms with Crippen LogP contribution in [0.15, 0.2) is 6.07 Å². The molecule has 0 aliphatic heterocycles. The molecule has 1 heterocycles. The molecule has 1 saturated carbocycles. The molecule has 0 bridgehead atoms. The van der Waals surface area contributed by atoms with E-state index in [1.54, 1.807) is 0 Å². The van der Waals surface area contributed by atoms with E-state index in [1.165, 1.54) is 5.69 Å². The summed E-state index contributed by atoms with van der Waals surface area (Å²) in [5.41, 5.74) is 8.45. The molecule has 0 spiro atoms. The van der Waals surface area contributed by atoms with Gasteiger partial charge >= 0.3 is 0 Å². The van der Waals surface area contributed by atoms with E-state index in [2.05, 4.69) is 43.5 Å². The Bertz CT molecular complexity index is 333. The van der Waals surface area contributed by atoms with E-state index in [0.29, 0.717) is 12.0 Å². The zero-order chi connectivity index (χ0) is 11.2. The molecule has 0 atom stereocenters. The Labute approximate surface area is 91.7 Å². The summed E-state index contributed by atoms with van der Waals surface area (Å²) in [5, 5.41) is 4.66. The Morgan fingerprint density at radius 3 is 2.27 bits per heavy atom. The molecule has 3 heteroatoms. The fourth-order valence-corrected chi connectivity index (χ4v) is 1.89. The van der Waals surface area contributed by atoms with E-state index in [-0.39, 0.29) is 5.54 Å². The van der Waals surface area contributed by atoms with Gasteiger partial charge < -0.3 is 5.73 Å². The summed E-state index contributed by atoms with van der Waals surface area (Å²) in [5.74, 6) is 0.510. The van der Waals surface area contributed by atoms with Gasteiger partial charge in [-0.25, -0.2) is 0 Å². The van der Waals surface area contributed by atoms with E-state index in [4.69, 9.17) is 5.73 Å². The molecule has 2 rings (SSSR count). The molecule has 0 aromatic carbocycles. The number of rotatable bonds is 3. The van der Waals surface area contributed by atoms with Crippen molar-refractivity contribution in [2.75, 3.05) is 0 Å². The van der Waals surface area contributed by atoms with Crippen LogP contribution in [0.25, 0.3) is 0 Å². The van der Waals surface area contributed by atoms with Gasteiger partial charge in [-0.3, -0.25) is 4.68 Å². The van der Waals surface area contributed by atoms with Crippen LogP contribution < -0.4 is 5.73 Å². The van der Waals surface area contributed by atoms with Gasteiger partial charge in [0, 0.05) is 11.7 Å². The van der Waals surface area contributed by atoms with Gasteiger partial charge in [-0.15, -0.1) is 0 Å². The molecule has 1 aliphatic carbocycles. The van der Waals surface area contributed by atoms with Crippen LogP contribution >= 0.6 is 0 Å². The minimum absolute atomic E-state index is 0.107. The molecular formula is C12H21N3. The zero-order valence-corrected chi connectivity index (χ0v) is 10.1. The van der Waals surface area contributed by atoms with Gasteiger partial charge in [0.25, 0.3) is 0 Å². The average Bonchev–Trinajstić information content (AvgIpc) is 2.74. The molecule has 15 heavy (non-hydrogen) atoms. The summed E-state index contributed by atoms with van der Waals surface area (Å²) < 4.78 is 2.12. The van der Waals surface area contributed by atoms with Crippen molar-refractivity contribution in [1.82, 2.24) is 9.78 Å². The maximum atomic E-state index is 6.17. The van der Waals surface area contributed by atoms with Gasteiger partial charge in [-0.05, 0) is 38.7 Å². The van der Waals surface area contributed by atoms with Gasteiger partial charge in [-0.2, -0.15) is 5.10 Å². The molecule has 0 amide bonds. The average molecular weight is 207 g/mol. The minimum Gasteiger partial charge on any atom is -0.320 e. The molecule has 0 saturated heterocycles. The largest absolute Gasteiger partial charge is 0.320 e. The lowest BCUT2D eigenvalue weighted by molar-refractivity contribution is 0.487. The van der Waals surface area contributed by atoms with Gasteiger partial charge in [-0.1, -0.05) is 13.8 Å². The fourth-order valence-electron chi connectivity index (χ4n) is 1.89. The third-order valence-corrected chi connectivity index (χ3v) is 3.14. The van der Waals surface area contributed by atoms with Gasteiger partial charge in [0.2, 0.25) is 0 Å². The Hall–Kier alpha value is -0.830. The molecule has 2 N–H and O–H groups in total. The first-order valence-electron chi connectivity index (χ1n) is 5.83. The second-order valence-corrected chi connectivity index (χ2v) is 5.30. The predicted octanol–water partition coefficient (Wildman–Crippen LogP) is 2.54. The first-order valence-corrected chi connectivity index (χ1v) is 5.83.